The number of aryl methyl sites for hydroxylation is 1. The third-order valence-electron chi connectivity index (χ3n) is 4.50. The zero-order valence-electron chi connectivity index (χ0n) is 13.7. The number of carbonyl (C=O) groups excluding carboxylic acids is 1. The molecule has 3 nitrogen and oxygen atoms in total. The molecule has 23 heavy (non-hydrogen) atoms. The molecule has 2 aromatic rings. The predicted molar refractivity (Wildman–Crippen MR) is 94.6 cm³/mol. The highest BCUT2D eigenvalue weighted by molar-refractivity contribution is 5.89. The Hall–Kier alpha value is -2.29. The fraction of sp³-hybridized carbons (Fsp3) is 0.350. The van der Waals surface area contributed by atoms with Crippen LogP contribution in [-0.4, -0.2) is 17.5 Å². The number of rotatable bonds is 2. The van der Waals surface area contributed by atoms with Crippen molar-refractivity contribution in [1.82, 2.24) is 4.90 Å². The van der Waals surface area contributed by atoms with Crippen LogP contribution in [0.5, 0.6) is 0 Å². The van der Waals surface area contributed by atoms with Gasteiger partial charge in [-0.1, -0.05) is 60.9 Å². The lowest BCUT2D eigenvalue weighted by Gasteiger charge is -2.30. The van der Waals surface area contributed by atoms with E-state index in [4.69, 9.17) is 0 Å². The van der Waals surface area contributed by atoms with E-state index in [1.165, 1.54) is 24.0 Å². The second kappa shape index (κ2) is 7.32. The van der Waals surface area contributed by atoms with Gasteiger partial charge in [0, 0.05) is 12.2 Å². The van der Waals surface area contributed by atoms with E-state index in [-0.39, 0.29) is 12.1 Å². The third-order valence-corrected chi connectivity index (χ3v) is 4.50. The summed E-state index contributed by atoms with van der Waals surface area (Å²) < 4.78 is 0. The first-order chi connectivity index (χ1) is 11.2. The van der Waals surface area contributed by atoms with Gasteiger partial charge in [-0.25, -0.2) is 4.79 Å². The fourth-order valence-electron chi connectivity index (χ4n) is 3.20. The first-order valence-electron chi connectivity index (χ1n) is 8.43. The molecule has 1 aliphatic rings. The van der Waals surface area contributed by atoms with Crippen LogP contribution < -0.4 is 5.32 Å². The van der Waals surface area contributed by atoms with Crippen LogP contribution in [0, 0.1) is 6.92 Å². The number of anilines is 1. The molecule has 1 aliphatic heterocycles. The van der Waals surface area contributed by atoms with Gasteiger partial charge in [0.15, 0.2) is 0 Å². The lowest BCUT2D eigenvalue weighted by atomic mass is 10.00. The number of likely N-dealkylation sites (tertiary alicyclic amines) is 1. The van der Waals surface area contributed by atoms with Gasteiger partial charge in [-0.3, -0.25) is 0 Å². The van der Waals surface area contributed by atoms with Crippen LogP contribution >= 0.6 is 0 Å². The Morgan fingerprint density at radius 2 is 1.74 bits per heavy atom. The highest BCUT2D eigenvalue weighted by Crippen LogP contribution is 2.30. The first-order valence-corrected chi connectivity index (χ1v) is 8.43. The summed E-state index contributed by atoms with van der Waals surface area (Å²) in [6.07, 6.45) is 4.47. The topological polar surface area (TPSA) is 32.3 Å². The first kappa shape index (κ1) is 15.6. The minimum atomic E-state index is 0.00340. The Morgan fingerprint density at radius 1 is 1.00 bits per heavy atom. The van der Waals surface area contributed by atoms with Crippen LogP contribution in [0.2, 0.25) is 0 Å². The van der Waals surface area contributed by atoms with Crippen molar-refractivity contribution >= 4 is 11.7 Å². The maximum absolute atomic E-state index is 12.8. The van der Waals surface area contributed by atoms with Crippen LogP contribution in [-0.2, 0) is 0 Å². The summed E-state index contributed by atoms with van der Waals surface area (Å²) in [5, 5.41) is 3.04. The Labute approximate surface area is 138 Å². The molecule has 1 heterocycles. The lowest BCUT2D eigenvalue weighted by molar-refractivity contribution is 0.189. The quantitative estimate of drug-likeness (QED) is 0.818. The van der Waals surface area contributed by atoms with E-state index in [1.807, 2.05) is 35.2 Å². The fourth-order valence-corrected chi connectivity index (χ4v) is 3.20. The van der Waals surface area contributed by atoms with Gasteiger partial charge in [0.2, 0.25) is 0 Å². The van der Waals surface area contributed by atoms with Crippen LogP contribution in [0.1, 0.15) is 42.9 Å². The van der Waals surface area contributed by atoms with E-state index in [2.05, 4.69) is 36.5 Å². The molecule has 0 saturated carbocycles. The highest BCUT2D eigenvalue weighted by atomic mass is 16.2. The van der Waals surface area contributed by atoms with Crippen LogP contribution in [0.15, 0.2) is 54.6 Å². The summed E-state index contributed by atoms with van der Waals surface area (Å²) in [7, 11) is 0. The Morgan fingerprint density at radius 3 is 2.48 bits per heavy atom. The van der Waals surface area contributed by atoms with Crippen molar-refractivity contribution in [3.63, 3.8) is 0 Å². The van der Waals surface area contributed by atoms with Crippen molar-refractivity contribution in [2.24, 2.45) is 0 Å². The molecule has 2 aromatic carbocycles. The molecule has 3 rings (SSSR count). The molecule has 0 radical (unpaired) electrons. The van der Waals surface area contributed by atoms with Crippen molar-refractivity contribution in [3.8, 4) is 0 Å². The summed E-state index contributed by atoms with van der Waals surface area (Å²) >= 11 is 0. The average molecular weight is 308 g/mol. The number of nitrogens with one attached hydrogen (secondary N) is 1. The molecule has 0 aliphatic carbocycles. The Bertz CT molecular complexity index is 636. The molecule has 1 unspecified atom stereocenters. The number of para-hydroxylation sites is 1. The normalized spacial score (nSPS) is 18.3. The summed E-state index contributed by atoms with van der Waals surface area (Å²) in [4.78, 5) is 14.8. The molecule has 1 fully saturated rings. The molecule has 3 heteroatoms. The Kier molecular flexibility index (Phi) is 4.96. The van der Waals surface area contributed by atoms with Gasteiger partial charge in [-0.2, -0.15) is 0 Å². The van der Waals surface area contributed by atoms with Gasteiger partial charge >= 0.3 is 6.03 Å². The minimum Gasteiger partial charge on any atom is -0.317 e. The number of amides is 2. The number of carbonyl (C=O) groups is 1. The van der Waals surface area contributed by atoms with Gasteiger partial charge < -0.3 is 10.2 Å². The summed E-state index contributed by atoms with van der Waals surface area (Å²) in [5.41, 5.74) is 3.34. The molecule has 120 valence electrons. The van der Waals surface area contributed by atoms with E-state index >= 15 is 0 Å². The minimum absolute atomic E-state index is 0.00340. The monoisotopic (exact) mass is 308 g/mol. The van der Waals surface area contributed by atoms with E-state index in [1.54, 1.807) is 0 Å². The highest BCUT2D eigenvalue weighted by Gasteiger charge is 2.26. The van der Waals surface area contributed by atoms with E-state index in [0.717, 1.165) is 25.1 Å². The van der Waals surface area contributed by atoms with Crippen molar-refractivity contribution < 1.29 is 4.79 Å². The summed E-state index contributed by atoms with van der Waals surface area (Å²) in [6, 6.07) is 18.4. The number of hydrogen-bond acceptors (Lipinski definition) is 1. The predicted octanol–water partition coefficient (Wildman–Crippen LogP) is 5.14. The van der Waals surface area contributed by atoms with E-state index < -0.39 is 0 Å². The van der Waals surface area contributed by atoms with Crippen LogP contribution in [0.25, 0.3) is 0 Å². The van der Waals surface area contributed by atoms with Crippen LogP contribution in [0.4, 0.5) is 10.5 Å². The van der Waals surface area contributed by atoms with Crippen LogP contribution in [0.3, 0.4) is 0 Å². The number of hydrogen-bond donors (Lipinski definition) is 1. The van der Waals surface area contributed by atoms with Crippen molar-refractivity contribution in [3.05, 3.63) is 65.7 Å². The zero-order chi connectivity index (χ0) is 16.1. The SMILES string of the molecule is Cc1ccc(C2CCCCCN2C(=O)Nc2ccccc2)cc1. The van der Waals surface area contributed by atoms with Crippen molar-refractivity contribution in [2.45, 2.75) is 38.6 Å². The Balaban J connectivity index is 1.80. The summed E-state index contributed by atoms with van der Waals surface area (Å²) in [6.45, 7) is 2.91. The van der Waals surface area contributed by atoms with Crippen molar-refractivity contribution in [2.75, 3.05) is 11.9 Å². The standard InChI is InChI=1S/C20H24N2O/c1-16-11-13-17(14-12-16)19-10-6-3-7-15-22(19)20(23)21-18-8-4-2-5-9-18/h2,4-5,8-9,11-14,19H,3,6-7,10,15H2,1H3,(H,21,23). The second-order valence-corrected chi connectivity index (χ2v) is 6.27. The average Bonchev–Trinajstić information content (AvgIpc) is 2.82. The molecule has 0 spiro atoms. The van der Waals surface area contributed by atoms with Gasteiger partial charge in [0.25, 0.3) is 0 Å². The molecular formula is C20H24N2O. The van der Waals surface area contributed by atoms with E-state index in [0.29, 0.717) is 0 Å². The maximum Gasteiger partial charge on any atom is 0.322 e. The molecule has 0 aromatic heterocycles. The van der Waals surface area contributed by atoms with Crippen molar-refractivity contribution in [1.29, 1.82) is 0 Å². The molecular weight excluding hydrogens is 284 g/mol. The van der Waals surface area contributed by atoms with Gasteiger partial charge in [-0.15, -0.1) is 0 Å². The number of urea groups is 1. The largest absolute Gasteiger partial charge is 0.322 e. The smallest absolute Gasteiger partial charge is 0.317 e. The maximum atomic E-state index is 12.8. The molecule has 2 amide bonds. The molecule has 1 saturated heterocycles. The molecule has 1 atom stereocenters. The molecule has 0 bridgehead atoms. The van der Waals surface area contributed by atoms with Gasteiger partial charge in [-0.05, 0) is 37.5 Å². The summed E-state index contributed by atoms with van der Waals surface area (Å²) in [5.74, 6) is 0. The zero-order valence-corrected chi connectivity index (χ0v) is 13.7. The van der Waals surface area contributed by atoms with Gasteiger partial charge in [0.05, 0.1) is 6.04 Å². The van der Waals surface area contributed by atoms with E-state index in [9.17, 15) is 4.79 Å². The lowest BCUT2D eigenvalue weighted by Crippen LogP contribution is -2.38. The third kappa shape index (κ3) is 3.92. The molecule has 1 N–H and O–H groups in total. The second-order valence-electron chi connectivity index (χ2n) is 6.27. The number of nitrogens with zero attached hydrogens (tertiary/aromatic N) is 1. The van der Waals surface area contributed by atoms with Gasteiger partial charge in [0.1, 0.15) is 0 Å². The number of benzene rings is 2.